The molecule has 0 saturated carbocycles. The highest BCUT2D eigenvalue weighted by Gasteiger charge is 2.19. The van der Waals surface area contributed by atoms with E-state index in [0.717, 1.165) is 5.52 Å². The number of carbonyl (C=O) groups is 1. The Labute approximate surface area is 183 Å². The molecular weight excluding hydrogens is 449 g/mol. The lowest BCUT2D eigenvalue weighted by molar-refractivity contribution is -0.113. The number of hydrogen-bond acceptors (Lipinski definition) is 6. The van der Waals surface area contributed by atoms with E-state index in [-0.39, 0.29) is 28.2 Å². The van der Waals surface area contributed by atoms with Crippen LogP contribution in [-0.2, 0) is 11.3 Å². The maximum Gasteiger partial charge on any atom is 0.272 e. The topological polar surface area (TPSA) is 81.3 Å². The van der Waals surface area contributed by atoms with Gasteiger partial charge in [0.2, 0.25) is 11.7 Å². The number of nitrogens with one attached hydrogen (secondary N) is 1. The molecule has 7 nitrogen and oxygen atoms in total. The fourth-order valence-electron chi connectivity index (χ4n) is 3.02. The van der Waals surface area contributed by atoms with Gasteiger partial charge in [-0.2, -0.15) is 0 Å². The molecule has 0 radical (unpaired) electrons. The number of aromatic nitrogens is 4. The lowest BCUT2D eigenvalue weighted by atomic mass is 10.2. The first-order valence-electron chi connectivity index (χ1n) is 9.08. The molecule has 0 fully saturated rings. The second-order valence-corrected chi connectivity index (χ2v) is 9.29. The van der Waals surface area contributed by atoms with Gasteiger partial charge in [0.05, 0.1) is 16.3 Å². The molecule has 1 amide bonds. The summed E-state index contributed by atoms with van der Waals surface area (Å²) in [6.07, 6.45) is 0. The predicted molar refractivity (Wildman–Crippen MR) is 118 cm³/mol. The minimum Gasteiger partial charge on any atom is -0.325 e. The number of thioether (sulfide) groups is 1. The van der Waals surface area contributed by atoms with Crippen LogP contribution in [0.2, 0.25) is 5.02 Å². The largest absolute Gasteiger partial charge is 0.325 e. The van der Waals surface area contributed by atoms with Gasteiger partial charge in [0.25, 0.3) is 5.56 Å². The Hall–Kier alpha value is -2.43. The highest BCUT2D eigenvalue weighted by molar-refractivity contribution is 7.99. The van der Waals surface area contributed by atoms with Gasteiger partial charge < -0.3 is 5.32 Å². The minimum atomic E-state index is -0.550. The summed E-state index contributed by atoms with van der Waals surface area (Å²) in [7, 11) is 0. The van der Waals surface area contributed by atoms with Crippen LogP contribution in [0.1, 0.15) is 13.8 Å². The van der Waals surface area contributed by atoms with Gasteiger partial charge in [-0.05, 0) is 35.6 Å². The third kappa shape index (κ3) is 3.94. The summed E-state index contributed by atoms with van der Waals surface area (Å²) >= 11 is 8.32. The van der Waals surface area contributed by atoms with E-state index in [1.54, 1.807) is 4.57 Å². The van der Waals surface area contributed by atoms with Crippen LogP contribution in [0.15, 0.2) is 39.6 Å². The SMILES string of the molecule is CC(C)Cn1c(=O)c2sccc2n2c(SCC(=O)Nc3ccc(F)c(Cl)c3)nnc12. The molecule has 4 aromatic rings. The van der Waals surface area contributed by atoms with Crippen LogP contribution >= 0.6 is 34.7 Å². The number of hydrogen-bond donors (Lipinski definition) is 1. The average Bonchev–Trinajstić information content (AvgIpc) is 3.33. The number of benzene rings is 1. The van der Waals surface area contributed by atoms with Crippen molar-refractivity contribution in [2.45, 2.75) is 25.5 Å². The Morgan fingerprint density at radius 2 is 2.13 bits per heavy atom. The molecule has 0 atom stereocenters. The van der Waals surface area contributed by atoms with Crippen LogP contribution in [0.4, 0.5) is 10.1 Å². The second-order valence-electron chi connectivity index (χ2n) is 7.03. The summed E-state index contributed by atoms with van der Waals surface area (Å²) < 4.78 is 17.3. The van der Waals surface area contributed by atoms with Crippen LogP contribution < -0.4 is 10.9 Å². The third-order valence-electron chi connectivity index (χ3n) is 4.27. The van der Waals surface area contributed by atoms with Crippen LogP contribution in [0, 0.1) is 11.7 Å². The van der Waals surface area contributed by atoms with Crippen molar-refractivity contribution < 1.29 is 9.18 Å². The zero-order valence-electron chi connectivity index (χ0n) is 16.1. The summed E-state index contributed by atoms with van der Waals surface area (Å²) in [4.78, 5) is 25.2. The van der Waals surface area contributed by atoms with Crippen molar-refractivity contribution in [3.05, 3.63) is 50.8 Å². The molecule has 0 spiro atoms. The van der Waals surface area contributed by atoms with E-state index in [2.05, 4.69) is 15.5 Å². The van der Waals surface area contributed by atoms with Crippen molar-refractivity contribution in [3.8, 4) is 0 Å². The van der Waals surface area contributed by atoms with Gasteiger partial charge in [0, 0.05) is 12.2 Å². The first kappa shape index (κ1) is 20.8. The van der Waals surface area contributed by atoms with Crippen molar-refractivity contribution in [2.24, 2.45) is 5.92 Å². The molecule has 1 aromatic carbocycles. The lowest BCUT2D eigenvalue weighted by Gasteiger charge is -2.11. The van der Waals surface area contributed by atoms with E-state index < -0.39 is 5.82 Å². The number of amides is 1. The number of rotatable bonds is 6. The van der Waals surface area contributed by atoms with E-state index in [0.29, 0.717) is 27.9 Å². The normalized spacial score (nSPS) is 11.6. The number of nitrogens with zero attached hydrogens (tertiary/aromatic N) is 4. The lowest BCUT2D eigenvalue weighted by Crippen LogP contribution is -2.24. The quantitative estimate of drug-likeness (QED) is 0.430. The Morgan fingerprint density at radius 1 is 1.33 bits per heavy atom. The highest BCUT2D eigenvalue weighted by atomic mass is 35.5. The Balaban J connectivity index is 1.62. The highest BCUT2D eigenvalue weighted by Crippen LogP contribution is 2.25. The molecule has 0 bridgehead atoms. The zero-order valence-corrected chi connectivity index (χ0v) is 18.4. The number of anilines is 1. The zero-order chi connectivity index (χ0) is 21.4. The van der Waals surface area contributed by atoms with Crippen molar-refractivity contribution in [3.63, 3.8) is 0 Å². The Bertz CT molecular complexity index is 1310. The number of halogens is 2. The van der Waals surface area contributed by atoms with E-state index in [1.165, 1.54) is 41.3 Å². The molecule has 0 saturated heterocycles. The van der Waals surface area contributed by atoms with Crippen molar-refractivity contribution >= 4 is 62.3 Å². The smallest absolute Gasteiger partial charge is 0.272 e. The predicted octanol–water partition coefficient (Wildman–Crippen LogP) is 4.29. The maximum absolute atomic E-state index is 13.3. The second kappa shape index (κ2) is 8.37. The molecule has 0 unspecified atom stereocenters. The standard InChI is InChI=1S/C19H17ClFN5O2S2/c1-10(2)8-25-17(28)16-14(5-6-29-16)26-18(25)23-24-19(26)30-9-15(27)22-11-3-4-13(21)12(20)7-11/h3-7,10H,8-9H2,1-2H3,(H,22,27). The number of fused-ring (bicyclic) bond motifs is 3. The summed E-state index contributed by atoms with van der Waals surface area (Å²) in [5.41, 5.74) is 1.04. The van der Waals surface area contributed by atoms with Crippen molar-refractivity contribution in [1.82, 2.24) is 19.2 Å². The average molecular weight is 466 g/mol. The van der Waals surface area contributed by atoms with E-state index in [1.807, 2.05) is 29.7 Å². The van der Waals surface area contributed by atoms with Crippen LogP contribution in [0.3, 0.4) is 0 Å². The summed E-state index contributed by atoms with van der Waals surface area (Å²) in [5, 5.41) is 13.4. The van der Waals surface area contributed by atoms with Gasteiger partial charge in [0.15, 0.2) is 5.16 Å². The number of thiophene rings is 1. The van der Waals surface area contributed by atoms with Gasteiger partial charge in [0.1, 0.15) is 10.5 Å². The molecule has 156 valence electrons. The third-order valence-corrected chi connectivity index (χ3v) is 6.38. The molecule has 3 aromatic heterocycles. The molecule has 1 N–H and O–H groups in total. The van der Waals surface area contributed by atoms with Gasteiger partial charge >= 0.3 is 0 Å². The molecule has 11 heteroatoms. The molecule has 0 aliphatic carbocycles. The summed E-state index contributed by atoms with van der Waals surface area (Å²) in [5.74, 6) is -0.0781. The van der Waals surface area contributed by atoms with Gasteiger partial charge in [-0.1, -0.05) is 37.2 Å². The summed E-state index contributed by atoms with van der Waals surface area (Å²) in [6, 6.07) is 5.84. The molecule has 0 aliphatic rings. The molecule has 3 heterocycles. The van der Waals surface area contributed by atoms with E-state index in [9.17, 15) is 14.0 Å². The van der Waals surface area contributed by atoms with Gasteiger partial charge in [-0.3, -0.25) is 18.6 Å². The molecule has 0 aliphatic heterocycles. The first-order valence-corrected chi connectivity index (χ1v) is 11.3. The Morgan fingerprint density at radius 3 is 2.87 bits per heavy atom. The fourth-order valence-corrected chi connectivity index (χ4v) is 4.77. The first-order chi connectivity index (χ1) is 14.3. The van der Waals surface area contributed by atoms with Crippen molar-refractivity contribution in [1.29, 1.82) is 0 Å². The van der Waals surface area contributed by atoms with Crippen LogP contribution in [0.5, 0.6) is 0 Å². The molecule has 4 rings (SSSR count). The van der Waals surface area contributed by atoms with Crippen molar-refractivity contribution in [2.75, 3.05) is 11.1 Å². The molecule has 30 heavy (non-hydrogen) atoms. The van der Waals surface area contributed by atoms with Gasteiger partial charge in [-0.25, -0.2) is 4.39 Å². The van der Waals surface area contributed by atoms with Crippen LogP contribution in [-0.4, -0.2) is 30.8 Å². The van der Waals surface area contributed by atoms with E-state index >= 15 is 0 Å². The fraction of sp³-hybridized carbons (Fsp3) is 0.263. The maximum atomic E-state index is 13.3. The van der Waals surface area contributed by atoms with Crippen LogP contribution in [0.25, 0.3) is 16.0 Å². The Kier molecular flexibility index (Phi) is 5.81. The summed E-state index contributed by atoms with van der Waals surface area (Å²) in [6.45, 7) is 4.57. The van der Waals surface area contributed by atoms with Gasteiger partial charge in [-0.15, -0.1) is 21.5 Å². The molecular formula is C19H17ClFN5O2S2. The minimum absolute atomic E-state index is 0.0602. The van der Waals surface area contributed by atoms with E-state index in [4.69, 9.17) is 11.6 Å². The number of carbonyl (C=O) groups excluding carboxylic acids is 1. The monoisotopic (exact) mass is 465 g/mol.